The molecule has 0 fully saturated rings. The molecule has 7 heteroatoms. The molecule has 0 aliphatic rings. The van der Waals surface area contributed by atoms with Crippen LogP contribution in [-0.2, 0) is 11.3 Å². The first-order valence-corrected chi connectivity index (χ1v) is 7.47. The van der Waals surface area contributed by atoms with Gasteiger partial charge in [0.2, 0.25) is 0 Å². The minimum absolute atomic E-state index is 0.198. The van der Waals surface area contributed by atoms with Gasteiger partial charge in [-0.1, -0.05) is 34.8 Å². The minimum Gasteiger partial charge on any atom is -0.483 e. The van der Waals surface area contributed by atoms with Crippen LogP contribution >= 0.6 is 34.8 Å². The second-order valence-corrected chi connectivity index (χ2v) is 5.76. The van der Waals surface area contributed by atoms with E-state index in [4.69, 9.17) is 45.3 Å². The molecule has 2 rings (SSSR count). The second-order valence-electron chi connectivity index (χ2n) is 4.48. The fourth-order valence-corrected chi connectivity index (χ4v) is 2.47. The summed E-state index contributed by atoms with van der Waals surface area (Å²) in [7, 11) is 0. The number of hydrogen-bond donors (Lipinski definition) is 2. The number of halogens is 3. The van der Waals surface area contributed by atoms with E-state index in [1.165, 1.54) is 0 Å². The zero-order valence-corrected chi connectivity index (χ0v) is 13.7. The lowest BCUT2D eigenvalue weighted by atomic mass is 10.2. The van der Waals surface area contributed by atoms with E-state index < -0.39 is 5.91 Å². The highest BCUT2D eigenvalue weighted by atomic mass is 35.5. The lowest BCUT2D eigenvalue weighted by molar-refractivity contribution is -0.119. The number of primary amides is 1. The summed E-state index contributed by atoms with van der Waals surface area (Å²) in [5.74, 6) is -0.0182. The number of nitrogens with two attached hydrogens (primary N) is 1. The van der Waals surface area contributed by atoms with E-state index >= 15 is 0 Å². The number of ether oxygens (including phenoxy) is 1. The molecule has 0 heterocycles. The number of carbonyl (C=O) groups excluding carboxylic acids is 1. The van der Waals surface area contributed by atoms with Gasteiger partial charge in [-0.25, -0.2) is 0 Å². The highest BCUT2D eigenvalue weighted by Crippen LogP contribution is 2.28. The molecule has 2 aromatic rings. The number of benzene rings is 2. The molecule has 4 nitrogen and oxygen atoms in total. The molecule has 0 radical (unpaired) electrons. The van der Waals surface area contributed by atoms with E-state index in [1.807, 2.05) is 0 Å². The van der Waals surface area contributed by atoms with Gasteiger partial charge in [0.15, 0.2) is 6.61 Å². The molecular formula is C15H13Cl3N2O2. The first kappa shape index (κ1) is 16.7. The van der Waals surface area contributed by atoms with Crippen LogP contribution in [0.5, 0.6) is 5.75 Å². The maximum atomic E-state index is 10.8. The Hall–Kier alpha value is -1.62. The van der Waals surface area contributed by atoms with Crippen LogP contribution in [0.15, 0.2) is 36.4 Å². The third kappa shape index (κ3) is 4.70. The SMILES string of the molecule is NC(=O)COc1ccc(Cl)cc1CNc1ccc(Cl)cc1Cl. The predicted octanol–water partition coefficient (Wildman–Crippen LogP) is 4.12. The Morgan fingerprint density at radius 3 is 2.45 bits per heavy atom. The van der Waals surface area contributed by atoms with E-state index in [0.29, 0.717) is 27.4 Å². The molecule has 0 atom stereocenters. The Labute approximate surface area is 143 Å². The van der Waals surface area contributed by atoms with Gasteiger partial charge in [-0.05, 0) is 36.4 Å². The smallest absolute Gasteiger partial charge is 0.255 e. The summed E-state index contributed by atoms with van der Waals surface area (Å²) in [6, 6.07) is 10.3. The van der Waals surface area contributed by atoms with Crippen LogP contribution < -0.4 is 15.8 Å². The average molecular weight is 360 g/mol. The molecule has 0 saturated carbocycles. The van der Waals surface area contributed by atoms with Crippen LogP contribution in [0.25, 0.3) is 0 Å². The second kappa shape index (κ2) is 7.58. The zero-order chi connectivity index (χ0) is 16.1. The summed E-state index contributed by atoms with van der Waals surface area (Å²) >= 11 is 18.0. The first-order chi connectivity index (χ1) is 10.5. The van der Waals surface area contributed by atoms with Crippen LogP contribution in [0.1, 0.15) is 5.56 Å². The Bertz CT molecular complexity index is 692. The van der Waals surface area contributed by atoms with Crippen molar-refractivity contribution < 1.29 is 9.53 Å². The molecule has 0 aliphatic carbocycles. The molecule has 0 saturated heterocycles. The molecule has 0 aromatic heterocycles. The third-order valence-corrected chi connectivity index (χ3v) is 3.58. The monoisotopic (exact) mass is 358 g/mol. The molecule has 0 bridgehead atoms. The van der Waals surface area contributed by atoms with Gasteiger partial charge in [-0.15, -0.1) is 0 Å². The molecular weight excluding hydrogens is 347 g/mol. The quantitative estimate of drug-likeness (QED) is 0.815. The van der Waals surface area contributed by atoms with Gasteiger partial charge in [-0.3, -0.25) is 4.79 Å². The highest BCUT2D eigenvalue weighted by molar-refractivity contribution is 6.36. The van der Waals surface area contributed by atoms with Crippen molar-refractivity contribution in [3.05, 3.63) is 57.0 Å². The fourth-order valence-electron chi connectivity index (χ4n) is 1.80. The fraction of sp³-hybridized carbons (Fsp3) is 0.133. The largest absolute Gasteiger partial charge is 0.483 e. The summed E-state index contributed by atoms with van der Waals surface area (Å²) < 4.78 is 5.36. The number of amides is 1. The Morgan fingerprint density at radius 1 is 1.09 bits per heavy atom. The number of nitrogens with one attached hydrogen (secondary N) is 1. The number of anilines is 1. The first-order valence-electron chi connectivity index (χ1n) is 6.34. The van der Waals surface area contributed by atoms with Crippen molar-refractivity contribution in [1.82, 2.24) is 0 Å². The number of carbonyl (C=O) groups is 1. The Kier molecular flexibility index (Phi) is 5.77. The van der Waals surface area contributed by atoms with Crippen molar-refractivity contribution in [2.24, 2.45) is 5.73 Å². The predicted molar refractivity (Wildman–Crippen MR) is 89.9 cm³/mol. The van der Waals surface area contributed by atoms with Crippen molar-refractivity contribution in [3.63, 3.8) is 0 Å². The van der Waals surface area contributed by atoms with Crippen LogP contribution in [0.2, 0.25) is 15.1 Å². The molecule has 0 unspecified atom stereocenters. The normalized spacial score (nSPS) is 10.3. The maximum Gasteiger partial charge on any atom is 0.255 e. The zero-order valence-electron chi connectivity index (χ0n) is 11.4. The summed E-state index contributed by atoms with van der Waals surface area (Å²) in [6.45, 7) is 0.215. The Morgan fingerprint density at radius 2 is 1.77 bits per heavy atom. The van der Waals surface area contributed by atoms with Gasteiger partial charge in [0.25, 0.3) is 5.91 Å². The molecule has 3 N–H and O–H groups in total. The van der Waals surface area contributed by atoms with E-state index in [9.17, 15) is 4.79 Å². The molecule has 0 aliphatic heterocycles. The van der Waals surface area contributed by atoms with E-state index in [0.717, 1.165) is 11.3 Å². The van der Waals surface area contributed by atoms with Crippen molar-refractivity contribution in [2.45, 2.75) is 6.54 Å². The minimum atomic E-state index is -0.547. The van der Waals surface area contributed by atoms with E-state index in [2.05, 4.69) is 5.32 Å². The van der Waals surface area contributed by atoms with E-state index in [1.54, 1.807) is 36.4 Å². The highest BCUT2D eigenvalue weighted by Gasteiger charge is 2.08. The standard InChI is InChI=1S/C15H13Cl3N2O2/c16-10-2-4-14(22-8-15(19)21)9(5-10)7-20-13-3-1-11(17)6-12(13)18/h1-6,20H,7-8H2,(H2,19,21). The summed E-state index contributed by atoms with van der Waals surface area (Å²) in [5.41, 5.74) is 6.59. The number of hydrogen-bond acceptors (Lipinski definition) is 3. The summed E-state index contributed by atoms with van der Waals surface area (Å²) in [4.78, 5) is 10.8. The molecule has 2 aromatic carbocycles. The topological polar surface area (TPSA) is 64.4 Å². The van der Waals surface area contributed by atoms with Crippen molar-refractivity contribution in [3.8, 4) is 5.75 Å². The van der Waals surface area contributed by atoms with Crippen LogP contribution in [0.3, 0.4) is 0 Å². The number of rotatable bonds is 6. The van der Waals surface area contributed by atoms with Crippen LogP contribution in [-0.4, -0.2) is 12.5 Å². The van der Waals surface area contributed by atoms with Gasteiger partial charge < -0.3 is 15.8 Å². The van der Waals surface area contributed by atoms with Crippen molar-refractivity contribution in [1.29, 1.82) is 0 Å². The van der Waals surface area contributed by atoms with Gasteiger partial charge in [0, 0.05) is 22.2 Å². The van der Waals surface area contributed by atoms with Crippen molar-refractivity contribution in [2.75, 3.05) is 11.9 Å². The van der Waals surface area contributed by atoms with Gasteiger partial charge in [0.1, 0.15) is 5.75 Å². The van der Waals surface area contributed by atoms with E-state index in [-0.39, 0.29) is 6.61 Å². The van der Waals surface area contributed by atoms with Gasteiger partial charge in [-0.2, -0.15) is 0 Å². The van der Waals surface area contributed by atoms with Crippen LogP contribution in [0.4, 0.5) is 5.69 Å². The van der Waals surface area contributed by atoms with Gasteiger partial charge in [0.05, 0.1) is 10.7 Å². The van der Waals surface area contributed by atoms with Gasteiger partial charge >= 0.3 is 0 Å². The average Bonchev–Trinajstić information content (AvgIpc) is 2.45. The lowest BCUT2D eigenvalue weighted by Crippen LogP contribution is -2.20. The summed E-state index contributed by atoms with van der Waals surface area (Å²) in [6.07, 6.45) is 0. The molecule has 116 valence electrons. The lowest BCUT2D eigenvalue weighted by Gasteiger charge is -2.13. The van der Waals surface area contributed by atoms with Crippen molar-refractivity contribution >= 4 is 46.4 Å². The molecule has 0 spiro atoms. The molecule has 1 amide bonds. The third-order valence-electron chi connectivity index (χ3n) is 2.79. The maximum absolute atomic E-state index is 10.8. The van der Waals surface area contributed by atoms with Crippen LogP contribution in [0, 0.1) is 0 Å². The Balaban J connectivity index is 2.13. The molecule has 22 heavy (non-hydrogen) atoms. The summed E-state index contributed by atoms with van der Waals surface area (Å²) in [5, 5.41) is 4.79.